The summed E-state index contributed by atoms with van der Waals surface area (Å²) in [6, 6.07) is 4.73. The van der Waals surface area contributed by atoms with Crippen molar-refractivity contribution in [1.29, 1.82) is 0 Å². The molecule has 2 aromatic rings. The Hall–Kier alpha value is -3.10. The molecule has 0 saturated carbocycles. The number of hydrogen-bond acceptors (Lipinski definition) is 8. The molecule has 2 heterocycles. The number of allylic oxidation sites excluding steroid dienone is 1. The van der Waals surface area contributed by atoms with Crippen LogP contribution in [0, 0.1) is 0 Å². The highest BCUT2D eigenvalue weighted by Gasteiger charge is 2.36. The topological polar surface area (TPSA) is 100 Å². The summed E-state index contributed by atoms with van der Waals surface area (Å²) < 4.78 is 17.2. The number of nitrogens with one attached hydrogen (secondary N) is 1. The third kappa shape index (κ3) is 2.43. The maximum absolute atomic E-state index is 12.4. The lowest BCUT2D eigenvalue weighted by molar-refractivity contribution is -0.136. The SMILES string of the molecule is COC(=O)C1=C(C)Nc2nnnn2[C@@H]1c1cc(OC)ccc1OC. The normalized spacial score (nSPS) is 16.2. The average Bonchev–Trinajstić information content (AvgIpc) is 3.07. The van der Waals surface area contributed by atoms with E-state index in [0.29, 0.717) is 34.3 Å². The maximum Gasteiger partial charge on any atom is 0.338 e. The predicted octanol–water partition coefficient (Wildman–Crippen LogP) is 1.15. The van der Waals surface area contributed by atoms with E-state index in [1.54, 1.807) is 39.3 Å². The summed E-state index contributed by atoms with van der Waals surface area (Å²) in [6.07, 6.45) is 0. The second-order valence-corrected chi connectivity index (χ2v) is 5.11. The van der Waals surface area contributed by atoms with Crippen molar-refractivity contribution in [2.45, 2.75) is 13.0 Å². The number of carbonyl (C=O) groups is 1. The summed E-state index contributed by atoms with van der Waals surface area (Å²) in [4.78, 5) is 12.4. The van der Waals surface area contributed by atoms with E-state index in [9.17, 15) is 4.79 Å². The average molecular weight is 331 g/mol. The van der Waals surface area contributed by atoms with Gasteiger partial charge in [-0.15, -0.1) is 0 Å². The van der Waals surface area contributed by atoms with Gasteiger partial charge in [-0.3, -0.25) is 0 Å². The van der Waals surface area contributed by atoms with Gasteiger partial charge in [0.05, 0.1) is 26.9 Å². The highest BCUT2D eigenvalue weighted by molar-refractivity contribution is 5.92. The van der Waals surface area contributed by atoms with E-state index in [4.69, 9.17) is 14.2 Å². The minimum atomic E-state index is -0.603. The number of tetrazole rings is 1. The second-order valence-electron chi connectivity index (χ2n) is 5.11. The van der Waals surface area contributed by atoms with Gasteiger partial charge in [0.15, 0.2) is 0 Å². The van der Waals surface area contributed by atoms with Gasteiger partial charge in [-0.25, -0.2) is 4.79 Å². The first kappa shape index (κ1) is 15.8. The molecule has 0 spiro atoms. The van der Waals surface area contributed by atoms with E-state index < -0.39 is 12.0 Å². The minimum Gasteiger partial charge on any atom is -0.497 e. The van der Waals surface area contributed by atoms with Crippen LogP contribution in [0.5, 0.6) is 11.5 Å². The molecule has 3 rings (SSSR count). The first-order valence-corrected chi connectivity index (χ1v) is 7.16. The molecular formula is C15H17N5O4. The fourth-order valence-corrected chi connectivity index (χ4v) is 2.73. The number of benzene rings is 1. The molecule has 1 aliphatic rings. The van der Waals surface area contributed by atoms with Crippen LogP contribution in [0.1, 0.15) is 18.5 Å². The van der Waals surface area contributed by atoms with Crippen LogP contribution in [0.25, 0.3) is 0 Å². The summed E-state index contributed by atoms with van der Waals surface area (Å²) in [6.45, 7) is 1.77. The van der Waals surface area contributed by atoms with E-state index in [1.165, 1.54) is 11.8 Å². The van der Waals surface area contributed by atoms with Gasteiger partial charge in [-0.1, -0.05) is 5.10 Å². The van der Waals surface area contributed by atoms with Crippen molar-refractivity contribution >= 4 is 11.9 Å². The molecule has 0 unspecified atom stereocenters. The molecule has 0 aliphatic carbocycles. The molecule has 24 heavy (non-hydrogen) atoms. The van der Waals surface area contributed by atoms with Crippen molar-refractivity contribution in [2.75, 3.05) is 26.6 Å². The van der Waals surface area contributed by atoms with Gasteiger partial charge >= 0.3 is 5.97 Å². The lowest BCUT2D eigenvalue weighted by Gasteiger charge is -2.28. The van der Waals surface area contributed by atoms with Crippen molar-refractivity contribution in [3.63, 3.8) is 0 Å². The van der Waals surface area contributed by atoms with E-state index in [0.717, 1.165) is 0 Å². The summed E-state index contributed by atoms with van der Waals surface area (Å²) in [5.41, 5.74) is 1.69. The zero-order valence-electron chi connectivity index (χ0n) is 13.7. The number of esters is 1. The molecule has 1 N–H and O–H groups in total. The van der Waals surface area contributed by atoms with Crippen molar-refractivity contribution in [1.82, 2.24) is 20.2 Å². The Bertz CT molecular complexity index is 814. The third-order valence-corrected chi connectivity index (χ3v) is 3.85. The third-order valence-electron chi connectivity index (χ3n) is 3.85. The van der Waals surface area contributed by atoms with Crippen LogP contribution >= 0.6 is 0 Å². The molecule has 0 amide bonds. The lowest BCUT2D eigenvalue weighted by atomic mass is 9.94. The predicted molar refractivity (Wildman–Crippen MR) is 83.8 cm³/mol. The first-order chi connectivity index (χ1) is 11.6. The molecule has 0 radical (unpaired) electrons. The minimum absolute atomic E-state index is 0.392. The van der Waals surface area contributed by atoms with Crippen LogP contribution in [-0.2, 0) is 9.53 Å². The van der Waals surface area contributed by atoms with Crippen LogP contribution in [0.4, 0.5) is 5.95 Å². The van der Waals surface area contributed by atoms with Crippen molar-refractivity contribution in [2.24, 2.45) is 0 Å². The zero-order chi connectivity index (χ0) is 17.3. The van der Waals surface area contributed by atoms with E-state index in [2.05, 4.69) is 20.8 Å². The number of methoxy groups -OCH3 is 3. The Balaban J connectivity index is 2.25. The standard InChI is InChI=1S/C15H17N5O4/c1-8-12(14(21)24-4)13(20-15(16-8)17-18-19-20)10-7-9(22-2)5-6-11(10)23-3/h5-7,13H,1-4H3,(H,16,17,19)/t13-/m1/s1. The molecule has 1 aromatic heterocycles. The Morgan fingerprint density at radius 1 is 1.25 bits per heavy atom. The molecule has 1 aromatic carbocycles. The van der Waals surface area contributed by atoms with Crippen molar-refractivity contribution < 1.29 is 19.0 Å². The number of ether oxygens (including phenoxy) is 3. The molecule has 0 saturated heterocycles. The van der Waals surface area contributed by atoms with Gasteiger partial charge in [0.2, 0.25) is 5.95 Å². The smallest absolute Gasteiger partial charge is 0.338 e. The molecule has 1 atom stereocenters. The van der Waals surface area contributed by atoms with E-state index in [1.807, 2.05) is 0 Å². The fraction of sp³-hybridized carbons (Fsp3) is 0.333. The van der Waals surface area contributed by atoms with Crippen LogP contribution in [0.3, 0.4) is 0 Å². The highest BCUT2D eigenvalue weighted by atomic mass is 16.5. The quantitative estimate of drug-likeness (QED) is 0.833. The second kappa shape index (κ2) is 6.19. The summed E-state index contributed by atoms with van der Waals surface area (Å²) in [5.74, 6) is 1.16. The van der Waals surface area contributed by atoms with Gasteiger partial charge in [0, 0.05) is 11.3 Å². The Kier molecular flexibility index (Phi) is 4.07. The summed E-state index contributed by atoms with van der Waals surface area (Å²) in [7, 11) is 4.46. The van der Waals surface area contributed by atoms with Crippen molar-refractivity contribution in [3.8, 4) is 11.5 Å². The molecule has 0 bridgehead atoms. The van der Waals surface area contributed by atoms with Gasteiger partial charge in [-0.2, -0.15) is 4.68 Å². The Morgan fingerprint density at radius 3 is 2.71 bits per heavy atom. The Morgan fingerprint density at radius 2 is 2.04 bits per heavy atom. The monoisotopic (exact) mass is 331 g/mol. The number of anilines is 1. The van der Waals surface area contributed by atoms with E-state index in [-0.39, 0.29) is 0 Å². The lowest BCUT2D eigenvalue weighted by Crippen LogP contribution is -2.29. The summed E-state index contributed by atoms with van der Waals surface area (Å²) >= 11 is 0. The molecule has 0 fully saturated rings. The fourth-order valence-electron chi connectivity index (χ4n) is 2.73. The van der Waals surface area contributed by atoms with Gasteiger partial charge in [0.1, 0.15) is 17.5 Å². The zero-order valence-corrected chi connectivity index (χ0v) is 13.7. The van der Waals surface area contributed by atoms with Crippen LogP contribution in [-0.4, -0.2) is 47.5 Å². The molecule has 9 heteroatoms. The maximum atomic E-state index is 12.4. The van der Waals surface area contributed by atoms with Gasteiger partial charge in [0.25, 0.3) is 0 Å². The highest BCUT2D eigenvalue weighted by Crippen LogP contribution is 2.40. The number of nitrogens with zero attached hydrogens (tertiary/aromatic N) is 4. The van der Waals surface area contributed by atoms with Crippen LogP contribution in [0.15, 0.2) is 29.5 Å². The summed E-state index contributed by atoms with van der Waals surface area (Å²) in [5, 5.41) is 14.6. The van der Waals surface area contributed by atoms with Gasteiger partial charge in [-0.05, 0) is 35.5 Å². The molecular weight excluding hydrogens is 314 g/mol. The van der Waals surface area contributed by atoms with Crippen LogP contribution in [0.2, 0.25) is 0 Å². The first-order valence-electron chi connectivity index (χ1n) is 7.16. The largest absolute Gasteiger partial charge is 0.497 e. The number of fused-ring (bicyclic) bond motifs is 1. The van der Waals surface area contributed by atoms with E-state index >= 15 is 0 Å². The number of carbonyl (C=O) groups excluding carboxylic acids is 1. The Labute approximate surface area is 138 Å². The molecule has 1 aliphatic heterocycles. The number of rotatable bonds is 4. The number of hydrogen-bond donors (Lipinski definition) is 1. The molecule has 126 valence electrons. The van der Waals surface area contributed by atoms with Crippen LogP contribution < -0.4 is 14.8 Å². The van der Waals surface area contributed by atoms with Gasteiger partial charge < -0.3 is 19.5 Å². The number of aromatic nitrogens is 4. The van der Waals surface area contributed by atoms with Crippen molar-refractivity contribution in [3.05, 3.63) is 35.0 Å². The molecule has 9 nitrogen and oxygen atoms in total.